The summed E-state index contributed by atoms with van der Waals surface area (Å²) in [5.41, 5.74) is 1.41. The molecule has 1 heterocycles. The number of amides is 1. The normalized spacial score (nSPS) is 20.1. The van der Waals surface area contributed by atoms with Crippen LogP contribution in [0.5, 0.6) is 0 Å². The second kappa shape index (κ2) is 8.49. The van der Waals surface area contributed by atoms with Gasteiger partial charge in [-0.25, -0.2) is 0 Å². The maximum atomic E-state index is 12.3. The van der Waals surface area contributed by atoms with E-state index in [1.807, 2.05) is 0 Å². The molecule has 0 atom stereocenters. The van der Waals surface area contributed by atoms with Gasteiger partial charge in [0, 0.05) is 39.1 Å². The molecule has 2 fully saturated rings. The molecule has 0 unspecified atom stereocenters. The lowest BCUT2D eigenvalue weighted by atomic mass is 10.0. The molecule has 23 heavy (non-hydrogen) atoms. The highest BCUT2D eigenvalue weighted by atomic mass is 16.2. The van der Waals surface area contributed by atoms with E-state index < -0.39 is 0 Å². The van der Waals surface area contributed by atoms with Crippen LogP contribution >= 0.6 is 0 Å². The Hall–Kier alpha value is -1.35. The number of piperazine rings is 1. The van der Waals surface area contributed by atoms with Crippen LogP contribution in [0.4, 0.5) is 0 Å². The number of nitrogens with zero attached hydrogens (tertiary/aromatic N) is 2. The quantitative estimate of drug-likeness (QED) is 0.804. The van der Waals surface area contributed by atoms with Crippen molar-refractivity contribution in [3.8, 4) is 0 Å². The molecule has 3 nitrogen and oxygen atoms in total. The Balaban J connectivity index is 1.33. The van der Waals surface area contributed by atoms with Gasteiger partial charge < -0.3 is 4.90 Å². The van der Waals surface area contributed by atoms with Gasteiger partial charge in [-0.3, -0.25) is 9.69 Å². The standard InChI is InChI=1S/C20H30N2O/c23-20(11-10-18-8-4-5-9-18)22-16-14-21(15-17-22)13-12-19-6-2-1-3-7-19/h1-3,6-7,18H,4-5,8-17H2. The highest BCUT2D eigenvalue weighted by Crippen LogP contribution is 2.28. The fourth-order valence-electron chi connectivity index (χ4n) is 3.94. The first-order valence-corrected chi connectivity index (χ1v) is 9.35. The molecular formula is C20H30N2O. The van der Waals surface area contributed by atoms with Crippen LogP contribution in [0.15, 0.2) is 30.3 Å². The first-order valence-electron chi connectivity index (χ1n) is 9.35. The minimum absolute atomic E-state index is 0.389. The Labute approximate surface area is 140 Å². The van der Waals surface area contributed by atoms with E-state index in [4.69, 9.17) is 0 Å². The summed E-state index contributed by atoms with van der Waals surface area (Å²) in [6.07, 6.45) is 8.44. The van der Waals surface area contributed by atoms with Crippen LogP contribution in [-0.2, 0) is 11.2 Å². The zero-order valence-electron chi connectivity index (χ0n) is 14.3. The Kier molecular flexibility index (Phi) is 6.09. The molecule has 1 aliphatic heterocycles. The first kappa shape index (κ1) is 16.5. The second-order valence-electron chi connectivity index (χ2n) is 7.15. The van der Waals surface area contributed by atoms with E-state index in [1.165, 1.54) is 31.2 Å². The number of carbonyl (C=O) groups excluding carboxylic acids is 1. The number of benzene rings is 1. The maximum absolute atomic E-state index is 12.3. The largest absolute Gasteiger partial charge is 0.340 e. The van der Waals surface area contributed by atoms with Crippen molar-refractivity contribution >= 4 is 5.91 Å². The molecule has 126 valence electrons. The summed E-state index contributed by atoms with van der Waals surface area (Å²) in [6, 6.07) is 10.7. The van der Waals surface area contributed by atoms with Crippen molar-refractivity contribution in [3.05, 3.63) is 35.9 Å². The zero-order chi connectivity index (χ0) is 15.9. The van der Waals surface area contributed by atoms with Crippen molar-refractivity contribution in [1.29, 1.82) is 0 Å². The van der Waals surface area contributed by atoms with Crippen molar-refractivity contribution in [2.24, 2.45) is 5.92 Å². The molecule has 0 aromatic heterocycles. The fourth-order valence-corrected chi connectivity index (χ4v) is 3.94. The molecule has 1 aromatic rings. The van der Waals surface area contributed by atoms with Crippen molar-refractivity contribution < 1.29 is 4.79 Å². The maximum Gasteiger partial charge on any atom is 0.222 e. The van der Waals surface area contributed by atoms with Gasteiger partial charge in [-0.15, -0.1) is 0 Å². The van der Waals surface area contributed by atoms with E-state index in [9.17, 15) is 4.79 Å². The summed E-state index contributed by atoms with van der Waals surface area (Å²) in [5.74, 6) is 1.21. The molecule has 0 spiro atoms. The van der Waals surface area contributed by atoms with E-state index in [2.05, 4.69) is 40.1 Å². The molecule has 0 radical (unpaired) electrons. The molecule has 3 heteroatoms. The molecule has 2 aliphatic rings. The lowest BCUT2D eigenvalue weighted by molar-refractivity contribution is -0.133. The summed E-state index contributed by atoms with van der Waals surface area (Å²) >= 11 is 0. The average Bonchev–Trinajstić information content (AvgIpc) is 3.13. The third kappa shape index (κ3) is 5.07. The SMILES string of the molecule is O=C(CCC1CCCC1)N1CCN(CCc2ccccc2)CC1. The van der Waals surface area contributed by atoms with Gasteiger partial charge in [0.15, 0.2) is 0 Å². The molecule has 1 aromatic carbocycles. The van der Waals surface area contributed by atoms with Crippen molar-refractivity contribution in [1.82, 2.24) is 9.80 Å². The third-order valence-electron chi connectivity index (χ3n) is 5.53. The molecule has 3 rings (SSSR count). The minimum atomic E-state index is 0.389. The Morgan fingerprint density at radius 2 is 1.70 bits per heavy atom. The molecule has 1 amide bonds. The molecule has 0 bridgehead atoms. The van der Waals surface area contributed by atoms with Gasteiger partial charge in [0.2, 0.25) is 5.91 Å². The summed E-state index contributed by atoms with van der Waals surface area (Å²) in [6.45, 7) is 4.99. The van der Waals surface area contributed by atoms with Gasteiger partial charge in [0.05, 0.1) is 0 Å². The van der Waals surface area contributed by atoms with Crippen molar-refractivity contribution in [3.63, 3.8) is 0 Å². The number of hydrogen-bond donors (Lipinski definition) is 0. The summed E-state index contributed by atoms with van der Waals surface area (Å²) in [4.78, 5) is 16.9. The minimum Gasteiger partial charge on any atom is -0.340 e. The molecule has 1 aliphatic carbocycles. The number of carbonyl (C=O) groups is 1. The highest BCUT2D eigenvalue weighted by Gasteiger charge is 2.22. The van der Waals surface area contributed by atoms with Crippen LogP contribution in [-0.4, -0.2) is 48.4 Å². The smallest absolute Gasteiger partial charge is 0.222 e. The van der Waals surface area contributed by atoms with E-state index >= 15 is 0 Å². The van der Waals surface area contributed by atoms with Crippen molar-refractivity contribution in [2.45, 2.75) is 44.9 Å². The highest BCUT2D eigenvalue weighted by molar-refractivity contribution is 5.76. The van der Waals surface area contributed by atoms with E-state index in [0.717, 1.165) is 57.9 Å². The van der Waals surface area contributed by atoms with Crippen molar-refractivity contribution in [2.75, 3.05) is 32.7 Å². The summed E-state index contributed by atoms with van der Waals surface area (Å²) in [7, 11) is 0. The first-order chi connectivity index (χ1) is 11.3. The molecule has 1 saturated carbocycles. The van der Waals surface area contributed by atoms with Crippen LogP contribution in [0.25, 0.3) is 0 Å². The van der Waals surface area contributed by atoms with E-state index in [0.29, 0.717) is 5.91 Å². The topological polar surface area (TPSA) is 23.6 Å². The zero-order valence-corrected chi connectivity index (χ0v) is 14.3. The number of hydrogen-bond acceptors (Lipinski definition) is 2. The Morgan fingerprint density at radius 1 is 1.00 bits per heavy atom. The Bertz CT molecular complexity index is 474. The predicted octanol–water partition coefficient (Wildman–Crippen LogP) is 3.34. The fraction of sp³-hybridized carbons (Fsp3) is 0.650. The van der Waals surface area contributed by atoms with Gasteiger partial charge in [-0.05, 0) is 24.3 Å². The summed E-state index contributed by atoms with van der Waals surface area (Å²) < 4.78 is 0. The van der Waals surface area contributed by atoms with E-state index in [-0.39, 0.29) is 0 Å². The lowest BCUT2D eigenvalue weighted by Gasteiger charge is -2.35. The van der Waals surface area contributed by atoms with Gasteiger partial charge in [0.25, 0.3) is 0 Å². The van der Waals surface area contributed by atoms with Gasteiger partial charge in [0.1, 0.15) is 0 Å². The third-order valence-corrected chi connectivity index (χ3v) is 5.53. The van der Waals surface area contributed by atoms with E-state index in [1.54, 1.807) is 0 Å². The van der Waals surface area contributed by atoms with Crippen LogP contribution in [0.1, 0.15) is 44.1 Å². The monoisotopic (exact) mass is 314 g/mol. The average molecular weight is 314 g/mol. The molecule has 1 saturated heterocycles. The van der Waals surface area contributed by atoms with Gasteiger partial charge >= 0.3 is 0 Å². The second-order valence-corrected chi connectivity index (χ2v) is 7.15. The van der Waals surface area contributed by atoms with Crippen LogP contribution in [0.2, 0.25) is 0 Å². The lowest BCUT2D eigenvalue weighted by Crippen LogP contribution is -2.49. The molecular weight excluding hydrogens is 284 g/mol. The van der Waals surface area contributed by atoms with Crippen LogP contribution in [0, 0.1) is 5.92 Å². The van der Waals surface area contributed by atoms with Crippen LogP contribution < -0.4 is 0 Å². The van der Waals surface area contributed by atoms with Crippen LogP contribution in [0.3, 0.4) is 0 Å². The van der Waals surface area contributed by atoms with Gasteiger partial charge in [-0.1, -0.05) is 56.0 Å². The predicted molar refractivity (Wildman–Crippen MR) is 94.4 cm³/mol. The number of rotatable bonds is 6. The van der Waals surface area contributed by atoms with Gasteiger partial charge in [-0.2, -0.15) is 0 Å². The molecule has 0 N–H and O–H groups in total. The Morgan fingerprint density at radius 3 is 2.39 bits per heavy atom. The summed E-state index contributed by atoms with van der Waals surface area (Å²) in [5, 5.41) is 0.